The van der Waals surface area contributed by atoms with Crippen molar-refractivity contribution in [3.63, 3.8) is 0 Å². The molecule has 2 heterocycles. The molecule has 1 aromatic heterocycles. The van der Waals surface area contributed by atoms with E-state index in [4.69, 9.17) is 0 Å². The fourth-order valence-electron chi connectivity index (χ4n) is 2.86. The first-order chi connectivity index (χ1) is 11.9. The normalized spacial score (nSPS) is 16.0. The van der Waals surface area contributed by atoms with Crippen molar-refractivity contribution in [3.8, 4) is 0 Å². The Balaban J connectivity index is 1.65. The van der Waals surface area contributed by atoms with Crippen molar-refractivity contribution >= 4 is 21.5 Å². The molecule has 1 saturated heterocycles. The monoisotopic (exact) mass is 360 g/mol. The van der Waals surface area contributed by atoms with E-state index in [2.05, 4.69) is 26.6 Å². The van der Waals surface area contributed by atoms with Crippen LogP contribution in [0.1, 0.15) is 11.1 Å². The van der Waals surface area contributed by atoms with Crippen molar-refractivity contribution in [2.75, 3.05) is 42.8 Å². The van der Waals surface area contributed by atoms with E-state index in [1.165, 1.54) is 0 Å². The first kappa shape index (κ1) is 17.7. The highest BCUT2D eigenvalue weighted by molar-refractivity contribution is 7.91. The first-order valence-electron chi connectivity index (χ1n) is 8.37. The number of pyridine rings is 1. The lowest BCUT2D eigenvalue weighted by molar-refractivity contribution is 0.312. The van der Waals surface area contributed by atoms with Gasteiger partial charge in [0.1, 0.15) is 5.82 Å². The van der Waals surface area contributed by atoms with Crippen LogP contribution < -0.4 is 9.62 Å². The van der Waals surface area contributed by atoms with Crippen LogP contribution in [0.2, 0.25) is 0 Å². The second-order valence-electron chi connectivity index (χ2n) is 6.48. The quantitative estimate of drug-likeness (QED) is 0.884. The van der Waals surface area contributed by atoms with Gasteiger partial charge in [-0.2, -0.15) is 0 Å². The summed E-state index contributed by atoms with van der Waals surface area (Å²) in [6.45, 7) is 5.79. The standard InChI is InChI=1S/C18H24N4O2S/c1-15-5-3-4-6-16(15)14-25(23,24)20-17-7-8-18(19-13-17)22-11-9-21(2)10-12-22/h3-8,13,20H,9-12,14H2,1-2H3. The number of hydrogen-bond donors (Lipinski definition) is 1. The molecule has 25 heavy (non-hydrogen) atoms. The van der Waals surface area contributed by atoms with Gasteiger partial charge in [0, 0.05) is 26.2 Å². The summed E-state index contributed by atoms with van der Waals surface area (Å²) in [4.78, 5) is 8.91. The number of likely N-dealkylation sites (N-methyl/N-ethyl adjacent to an activating group) is 1. The summed E-state index contributed by atoms with van der Waals surface area (Å²) in [7, 11) is -1.36. The number of benzene rings is 1. The number of piperazine rings is 1. The molecule has 0 radical (unpaired) electrons. The summed E-state index contributed by atoms with van der Waals surface area (Å²) in [5, 5.41) is 0. The van der Waals surface area contributed by atoms with E-state index in [0.717, 1.165) is 43.1 Å². The zero-order valence-electron chi connectivity index (χ0n) is 14.6. The molecule has 0 amide bonds. The summed E-state index contributed by atoms with van der Waals surface area (Å²) >= 11 is 0. The van der Waals surface area contributed by atoms with Crippen molar-refractivity contribution < 1.29 is 8.42 Å². The number of nitrogens with one attached hydrogen (secondary N) is 1. The third kappa shape index (κ3) is 4.70. The van der Waals surface area contributed by atoms with Crippen LogP contribution in [-0.4, -0.2) is 51.5 Å². The molecule has 2 aromatic rings. The molecule has 7 heteroatoms. The van der Waals surface area contributed by atoms with Gasteiger partial charge >= 0.3 is 0 Å². The average Bonchev–Trinajstić information content (AvgIpc) is 2.58. The largest absolute Gasteiger partial charge is 0.354 e. The minimum absolute atomic E-state index is 0.0418. The maximum atomic E-state index is 12.4. The molecule has 1 fully saturated rings. The number of nitrogens with zero attached hydrogens (tertiary/aromatic N) is 3. The first-order valence-corrected chi connectivity index (χ1v) is 10.0. The Kier molecular flexibility index (Phi) is 5.24. The van der Waals surface area contributed by atoms with E-state index in [9.17, 15) is 8.42 Å². The highest BCUT2D eigenvalue weighted by Crippen LogP contribution is 2.18. The summed E-state index contributed by atoms with van der Waals surface area (Å²) in [5.74, 6) is 0.842. The zero-order valence-corrected chi connectivity index (χ0v) is 15.5. The molecule has 0 bridgehead atoms. The predicted molar refractivity (Wildman–Crippen MR) is 101 cm³/mol. The van der Waals surface area contributed by atoms with Gasteiger partial charge in [-0.05, 0) is 37.2 Å². The highest BCUT2D eigenvalue weighted by atomic mass is 32.2. The third-order valence-corrected chi connectivity index (χ3v) is 5.69. The molecular weight excluding hydrogens is 336 g/mol. The van der Waals surface area contributed by atoms with Crippen molar-refractivity contribution in [2.45, 2.75) is 12.7 Å². The van der Waals surface area contributed by atoms with Crippen LogP contribution in [0.25, 0.3) is 0 Å². The predicted octanol–water partition coefficient (Wildman–Crippen LogP) is 2.08. The number of aryl methyl sites for hydroxylation is 1. The molecule has 0 spiro atoms. The van der Waals surface area contributed by atoms with Crippen molar-refractivity contribution in [1.29, 1.82) is 0 Å². The average molecular weight is 360 g/mol. The van der Waals surface area contributed by atoms with E-state index in [1.807, 2.05) is 37.3 Å². The summed E-state index contributed by atoms with van der Waals surface area (Å²) in [5.41, 5.74) is 2.26. The molecule has 1 aliphatic heterocycles. The summed E-state index contributed by atoms with van der Waals surface area (Å²) in [6, 6.07) is 11.2. The molecular formula is C18H24N4O2S. The van der Waals surface area contributed by atoms with Crippen molar-refractivity contribution in [1.82, 2.24) is 9.88 Å². The lowest BCUT2D eigenvalue weighted by atomic mass is 10.1. The summed E-state index contributed by atoms with van der Waals surface area (Å²) in [6.07, 6.45) is 1.59. The molecule has 3 rings (SSSR count). The lowest BCUT2D eigenvalue weighted by Crippen LogP contribution is -2.44. The third-order valence-electron chi connectivity index (χ3n) is 4.46. The molecule has 1 aliphatic rings. The van der Waals surface area contributed by atoms with Gasteiger partial charge in [0.05, 0.1) is 17.6 Å². The topological polar surface area (TPSA) is 65.5 Å². The lowest BCUT2D eigenvalue weighted by Gasteiger charge is -2.33. The SMILES string of the molecule is Cc1ccccc1CS(=O)(=O)Nc1ccc(N2CCN(C)CC2)nc1. The number of rotatable bonds is 5. The van der Waals surface area contributed by atoms with Gasteiger partial charge in [-0.25, -0.2) is 13.4 Å². The molecule has 0 atom stereocenters. The molecule has 1 aromatic carbocycles. The van der Waals surface area contributed by atoms with Gasteiger partial charge < -0.3 is 9.80 Å². The van der Waals surface area contributed by atoms with Crippen molar-refractivity contribution in [3.05, 3.63) is 53.7 Å². The Morgan fingerprint density at radius 2 is 1.80 bits per heavy atom. The zero-order chi connectivity index (χ0) is 17.9. The fourth-order valence-corrected chi connectivity index (χ4v) is 4.15. The Bertz CT molecular complexity index is 813. The van der Waals surface area contributed by atoms with Gasteiger partial charge in [-0.15, -0.1) is 0 Å². The van der Waals surface area contributed by atoms with Crippen LogP contribution in [0.15, 0.2) is 42.6 Å². The maximum Gasteiger partial charge on any atom is 0.236 e. The van der Waals surface area contributed by atoms with Crippen molar-refractivity contribution in [2.24, 2.45) is 0 Å². The van der Waals surface area contributed by atoms with E-state index in [1.54, 1.807) is 12.3 Å². The Hall–Kier alpha value is -2.12. The van der Waals surface area contributed by atoms with Gasteiger partial charge in [0.2, 0.25) is 10.0 Å². The van der Waals surface area contributed by atoms with E-state index in [-0.39, 0.29) is 5.75 Å². The molecule has 6 nitrogen and oxygen atoms in total. The van der Waals surface area contributed by atoms with E-state index >= 15 is 0 Å². The molecule has 0 saturated carbocycles. The van der Waals surface area contributed by atoms with Gasteiger partial charge in [0.15, 0.2) is 0 Å². The molecule has 1 N–H and O–H groups in total. The fraction of sp³-hybridized carbons (Fsp3) is 0.389. The van der Waals surface area contributed by atoms with Gasteiger partial charge in [-0.1, -0.05) is 24.3 Å². The Morgan fingerprint density at radius 1 is 1.08 bits per heavy atom. The number of aromatic nitrogens is 1. The van der Waals surface area contributed by atoms with Crippen LogP contribution in [0, 0.1) is 6.92 Å². The second-order valence-corrected chi connectivity index (χ2v) is 8.21. The Labute approximate surface area is 149 Å². The minimum Gasteiger partial charge on any atom is -0.354 e. The number of hydrogen-bond acceptors (Lipinski definition) is 5. The summed E-state index contributed by atoms with van der Waals surface area (Å²) < 4.78 is 27.4. The smallest absolute Gasteiger partial charge is 0.236 e. The molecule has 0 aliphatic carbocycles. The minimum atomic E-state index is -3.47. The second kappa shape index (κ2) is 7.41. The van der Waals surface area contributed by atoms with Gasteiger partial charge in [-0.3, -0.25) is 4.72 Å². The van der Waals surface area contributed by atoms with E-state index < -0.39 is 10.0 Å². The maximum absolute atomic E-state index is 12.4. The van der Waals surface area contributed by atoms with Crippen LogP contribution in [0.5, 0.6) is 0 Å². The molecule has 0 unspecified atom stereocenters. The van der Waals surface area contributed by atoms with Crippen LogP contribution >= 0.6 is 0 Å². The van der Waals surface area contributed by atoms with Crippen LogP contribution in [0.4, 0.5) is 11.5 Å². The van der Waals surface area contributed by atoms with E-state index in [0.29, 0.717) is 5.69 Å². The van der Waals surface area contributed by atoms with Crippen LogP contribution in [0.3, 0.4) is 0 Å². The number of sulfonamides is 1. The Morgan fingerprint density at radius 3 is 2.44 bits per heavy atom. The number of anilines is 2. The highest BCUT2D eigenvalue weighted by Gasteiger charge is 2.16. The van der Waals surface area contributed by atoms with Gasteiger partial charge in [0.25, 0.3) is 0 Å². The van der Waals surface area contributed by atoms with Crippen LogP contribution in [-0.2, 0) is 15.8 Å². The molecule has 134 valence electrons.